The number of nitrogens with one attached hydrogen (secondary N) is 1. The van der Waals surface area contributed by atoms with Crippen LogP contribution in [0.1, 0.15) is 30.1 Å². The Labute approximate surface area is 103 Å². The minimum Gasteiger partial charge on any atom is -0.312 e. The van der Waals surface area contributed by atoms with E-state index >= 15 is 0 Å². The Kier molecular flexibility index (Phi) is 5.08. The van der Waals surface area contributed by atoms with Crippen molar-refractivity contribution in [1.82, 2.24) is 10.3 Å². The van der Waals surface area contributed by atoms with E-state index in [2.05, 4.69) is 10.3 Å². The van der Waals surface area contributed by atoms with Gasteiger partial charge < -0.3 is 5.32 Å². The fourth-order valence-corrected chi connectivity index (χ4v) is 2.52. The van der Waals surface area contributed by atoms with Gasteiger partial charge in [-0.1, -0.05) is 6.07 Å². The maximum Gasteiger partial charge on any atom is 0.147 e. The van der Waals surface area contributed by atoms with Crippen molar-refractivity contribution in [2.45, 2.75) is 25.8 Å². The van der Waals surface area contributed by atoms with Crippen molar-refractivity contribution in [2.75, 3.05) is 19.1 Å². The second-order valence-electron chi connectivity index (χ2n) is 4.32. The summed E-state index contributed by atoms with van der Waals surface area (Å²) >= 11 is 0. The van der Waals surface area contributed by atoms with Gasteiger partial charge in [-0.2, -0.15) is 0 Å². The fraction of sp³-hybridized carbons (Fsp3) is 0.583. The number of rotatable bonds is 6. The molecule has 0 aliphatic carbocycles. The average molecular weight is 256 g/mol. The van der Waals surface area contributed by atoms with Crippen molar-refractivity contribution in [1.29, 1.82) is 0 Å². The molecule has 0 saturated carbocycles. The zero-order chi connectivity index (χ0) is 12.9. The summed E-state index contributed by atoms with van der Waals surface area (Å²) in [6.45, 7) is 2.02. The molecule has 1 atom stereocenters. The summed E-state index contributed by atoms with van der Waals surface area (Å²) in [5, 5.41) is 3.19. The lowest BCUT2D eigenvalue weighted by atomic mass is 10.0. The second kappa shape index (κ2) is 6.12. The fourth-order valence-electron chi connectivity index (χ4n) is 1.83. The molecule has 0 spiro atoms. The third-order valence-corrected chi connectivity index (χ3v) is 3.77. The molecule has 1 rings (SSSR count). The van der Waals surface area contributed by atoms with E-state index < -0.39 is 9.84 Å². The minimum absolute atomic E-state index is 0.123. The van der Waals surface area contributed by atoms with Gasteiger partial charge in [0, 0.05) is 24.2 Å². The number of aromatic nitrogens is 1. The van der Waals surface area contributed by atoms with Gasteiger partial charge in [-0.05, 0) is 38.4 Å². The van der Waals surface area contributed by atoms with Gasteiger partial charge in [-0.3, -0.25) is 4.98 Å². The molecular weight excluding hydrogens is 236 g/mol. The molecule has 96 valence electrons. The molecule has 0 aliphatic heterocycles. The summed E-state index contributed by atoms with van der Waals surface area (Å²) in [5.41, 5.74) is 2.13. The topological polar surface area (TPSA) is 59.1 Å². The molecule has 17 heavy (non-hydrogen) atoms. The number of hydrogen-bond acceptors (Lipinski definition) is 4. The standard InChI is InChI=1S/C12H20N2O2S/c1-10-6-4-8-14-12(10)11(13-2)7-5-9-17(3,15)16/h4,6,8,11,13H,5,7,9H2,1-3H3. The van der Waals surface area contributed by atoms with Crippen LogP contribution in [0.4, 0.5) is 0 Å². The molecule has 1 aromatic heterocycles. The van der Waals surface area contributed by atoms with Crippen LogP contribution >= 0.6 is 0 Å². The first-order valence-corrected chi connectivity index (χ1v) is 7.76. The lowest BCUT2D eigenvalue weighted by Crippen LogP contribution is -2.19. The van der Waals surface area contributed by atoms with E-state index in [4.69, 9.17) is 0 Å². The van der Waals surface area contributed by atoms with E-state index in [-0.39, 0.29) is 11.8 Å². The molecular formula is C12H20N2O2S. The van der Waals surface area contributed by atoms with Crippen molar-refractivity contribution in [2.24, 2.45) is 0 Å². The molecule has 1 unspecified atom stereocenters. The molecule has 4 nitrogen and oxygen atoms in total. The van der Waals surface area contributed by atoms with E-state index in [1.165, 1.54) is 6.26 Å². The molecule has 0 bridgehead atoms. The van der Waals surface area contributed by atoms with E-state index in [0.717, 1.165) is 17.7 Å². The van der Waals surface area contributed by atoms with Crippen LogP contribution in [0.25, 0.3) is 0 Å². The van der Waals surface area contributed by atoms with E-state index in [0.29, 0.717) is 6.42 Å². The molecule has 0 amide bonds. The van der Waals surface area contributed by atoms with E-state index in [9.17, 15) is 8.42 Å². The van der Waals surface area contributed by atoms with Crippen LogP contribution in [0.15, 0.2) is 18.3 Å². The lowest BCUT2D eigenvalue weighted by Gasteiger charge is -2.17. The second-order valence-corrected chi connectivity index (χ2v) is 6.58. The van der Waals surface area contributed by atoms with Crippen LogP contribution in [0.2, 0.25) is 0 Å². The Bertz CT molecular complexity index is 457. The Morgan fingerprint density at radius 3 is 2.71 bits per heavy atom. The molecule has 0 saturated heterocycles. The van der Waals surface area contributed by atoms with Gasteiger partial charge in [0.1, 0.15) is 9.84 Å². The molecule has 1 heterocycles. The maximum atomic E-state index is 11.1. The van der Waals surface area contributed by atoms with Gasteiger partial charge >= 0.3 is 0 Å². The van der Waals surface area contributed by atoms with Crippen molar-refractivity contribution in [3.63, 3.8) is 0 Å². The van der Waals surface area contributed by atoms with Gasteiger partial charge in [0.05, 0.1) is 5.69 Å². The summed E-state index contributed by atoms with van der Waals surface area (Å²) in [4.78, 5) is 4.35. The Hall–Kier alpha value is -0.940. The first-order valence-electron chi connectivity index (χ1n) is 5.70. The third-order valence-electron chi connectivity index (χ3n) is 2.74. The Morgan fingerprint density at radius 1 is 1.47 bits per heavy atom. The molecule has 1 aromatic rings. The first kappa shape index (κ1) is 14.1. The quantitative estimate of drug-likeness (QED) is 0.837. The predicted octanol–water partition coefficient (Wildman–Crippen LogP) is 1.48. The highest BCUT2D eigenvalue weighted by atomic mass is 32.2. The van der Waals surface area contributed by atoms with Crippen molar-refractivity contribution >= 4 is 9.84 Å². The summed E-state index contributed by atoms with van der Waals surface area (Å²) in [6.07, 6.45) is 4.47. The summed E-state index contributed by atoms with van der Waals surface area (Å²) in [6, 6.07) is 4.05. The van der Waals surface area contributed by atoms with Crippen LogP contribution in [0.5, 0.6) is 0 Å². The summed E-state index contributed by atoms with van der Waals surface area (Å²) in [7, 11) is -0.994. The highest BCUT2D eigenvalue weighted by Crippen LogP contribution is 2.19. The van der Waals surface area contributed by atoms with Gasteiger partial charge in [-0.25, -0.2) is 8.42 Å². The van der Waals surface area contributed by atoms with Crippen LogP contribution in [-0.4, -0.2) is 32.5 Å². The molecule has 0 radical (unpaired) electrons. The highest BCUT2D eigenvalue weighted by Gasteiger charge is 2.13. The monoisotopic (exact) mass is 256 g/mol. The van der Waals surface area contributed by atoms with Gasteiger partial charge in [0.2, 0.25) is 0 Å². The molecule has 1 N–H and O–H groups in total. The van der Waals surface area contributed by atoms with Gasteiger partial charge in [0.25, 0.3) is 0 Å². The summed E-state index contributed by atoms with van der Waals surface area (Å²) < 4.78 is 22.1. The Morgan fingerprint density at radius 2 is 2.18 bits per heavy atom. The van der Waals surface area contributed by atoms with Gasteiger partial charge in [0.15, 0.2) is 0 Å². The lowest BCUT2D eigenvalue weighted by molar-refractivity contribution is 0.522. The number of sulfone groups is 1. The van der Waals surface area contributed by atoms with Crippen molar-refractivity contribution in [3.05, 3.63) is 29.6 Å². The minimum atomic E-state index is -2.87. The SMILES string of the molecule is CNC(CCCS(C)(=O)=O)c1ncccc1C. The number of pyridine rings is 1. The van der Waals surface area contributed by atoms with Crippen LogP contribution in [0.3, 0.4) is 0 Å². The van der Waals surface area contributed by atoms with Crippen molar-refractivity contribution < 1.29 is 8.42 Å². The smallest absolute Gasteiger partial charge is 0.147 e. The summed E-state index contributed by atoms with van der Waals surface area (Å²) in [5.74, 6) is 0.233. The molecule has 0 aromatic carbocycles. The number of aryl methyl sites for hydroxylation is 1. The normalized spacial score (nSPS) is 13.6. The zero-order valence-electron chi connectivity index (χ0n) is 10.6. The van der Waals surface area contributed by atoms with Crippen LogP contribution < -0.4 is 5.32 Å². The van der Waals surface area contributed by atoms with E-state index in [1.54, 1.807) is 6.20 Å². The van der Waals surface area contributed by atoms with Crippen molar-refractivity contribution in [3.8, 4) is 0 Å². The number of hydrogen-bond donors (Lipinski definition) is 1. The zero-order valence-corrected chi connectivity index (χ0v) is 11.4. The average Bonchev–Trinajstić information content (AvgIpc) is 2.24. The largest absolute Gasteiger partial charge is 0.312 e. The highest BCUT2D eigenvalue weighted by molar-refractivity contribution is 7.90. The Balaban J connectivity index is 2.64. The van der Waals surface area contributed by atoms with Gasteiger partial charge in [-0.15, -0.1) is 0 Å². The third kappa shape index (κ3) is 4.83. The maximum absolute atomic E-state index is 11.1. The molecule has 0 aliphatic rings. The van der Waals surface area contributed by atoms with Crippen LogP contribution in [0, 0.1) is 6.92 Å². The molecule has 0 fully saturated rings. The first-order chi connectivity index (χ1) is 7.94. The van der Waals surface area contributed by atoms with Crippen LogP contribution in [-0.2, 0) is 9.84 Å². The molecule has 5 heteroatoms. The van der Waals surface area contributed by atoms with E-state index in [1.807, 2.05) is 26.1 Å². The predicted molar refractivity (Wildman–Crippen MR) is 69.7 cm³/mol. The number of nitrogens with zero attached hydrogens (tertiary/aromatic N) is 1.